The van der Waals surface area contributed by atoms with Crippen molar-refractivity contribution in [1.29, 1.82) is 0 Å². The molecule has 0 bridgehead atoms. The van der Waals surface area contributed by atoms with Crippen molar-refractivity contribution in [3.63, 3.8) is 0 Å². The van der Waals surface area contributed by atoms with Crippen LogP contribution < -0.4 is 15.4 Å². The highest BCUT2D eigenvalue weighted by molar-refractivity contribution is 7.98. The topological polar surface area (TPSA) is 108 Å². The van der Waals surface area contributed by atoms with Crippen molar-refractivity contribution >= 4 is 29.3 Å². The number of aromatic nitrogens is 4. The molecule has 0 spiro atoms. The van der Waals surface area contributed by atoms with Gasteiger partial charge in [-0.15, -0.1) is 0 Å². The predicted octanol–water partition coefficient (Wildman–Crippen LogP) is 3.77. The second-order valence-electron chi connectivity index (χ2n) is 10.00. The summed E-state index contributed by atoms with van der Waals surface area (Å²) < 4.78 is 12.8. The van der Waals surface area contributed by atoms with Gasteiger partial charge in [-0.2, -0.15) is 14.6 Å². The van der Waals surface area contributed by atoms with Gasteiger partial charge in [0.2, 0.25) is 11.9 Å². The molecule has 3 aromatic rings. The summed E-state index contributed by atoms with van der Waals surface area (Å²) in [5, 5.41) is 5.43. The van der Waals surface area contributed by atoms with Crippen LogP contribution in [0.5, 0.6) is 5.75 Å². The number of allylic oxidation sites excluding steroid dienone is 3. The Kier molecular flexibility index (Phi) is 7.71. The zero-order valence-corrected chi connectivity index (χ0v) is 22.9. The van der Waals surface area contributed by atoms with Gasteiger partial charge in [0.05, 0.1) is 19.2 Å². The molecule has 0 radical (unpaired) electrons. The molecule has 9 nitrogen and oxygen atoms in total. The number of hydrogen-bond donors (Lipinski definition) is 1. The molecule has 2 aliphatic rings. The van der Waals surface area contributed by atoms with Gasteiger partial charge < -0.3 is 20.1 Å². The SMILES string of the molecule is COc1ccc(CN(CC2CCOCC2)c2nc(SC)nc3c(C4(C)C=CC=CC4C(N)=O)cnn23)cc1. The van der Waals surface area contributed by atoms with Gasteiger partial charge in [-0.25, -0.2) is 4.98 Å². The van der Waals surface area contributed by atoms with E-state index in [2.05, 4.69) is 17.0 Å². The fraction of sp³-hybridized carbons (Fsp3) is 0.429. The van der Waals surface area contributed by atoms with Crippen molar-refractivity contribution < 1.29 is 14.3 Å². The summed E-state index contributed by atoms with van der Waals surface area (Å²) in [6.45, 7) is 5.02. The van der Waals surface area contributed by atoms with Gasteiger partial charge in [0.15, 0.2) is 10.8 Å². The van der Waals surface area contributed by atoms with Crippen molar-refractivity contribution in [3.8, 4) is 5.75 Å². The van der Waals surface area contributed by atoms with Gasteiger partial charge >= 0.3 is 0 Å². The van der Waals surface area contributed by atoms with E-state index in [0.717, 1.165) is 55.4 Å². The van der Waals surface area contributed by atoms with E-state index in [0.29, 0.717) is 23.3 Å². The number of primary amides is 1. The van der Waals surface area contributed by atoms with Crippen LogP contribution in [0.1, 0.15) is 30.9 Å². The first-order chi connectivity index (χ1) is 18.4. The predicted molar refractivity (Wildman–Crippen MR) is 148 cm³/mol. The lowest BCUT2D eigenvalue weighted by atomic mass is 9.70. The summed E-state index contributed by atoms with van der Waals surface area (Å²) in [6, 6.07) is 8.11. The van der Waals surface area contributed by atoms with E-state index in [1.165, 1.54) is 11.8 Å². The lowest BCUT2D eigenvalue weighted by Gasteiger charge is -2.33. The molecule has 2 aromatic heterocycles. The number of nitrogens with two attached hydrogens (primary N) is 1. The van der Waals surface area contributed by atoms with E-state index in [1.54, 1.807) is 13.3 Å². The number of amides is 1. The average Bonchev–Trinajstić information content (AvgIpc) is 3.38. The fourth-order valence-electron chi connectivity index (χ4n) is 5.31. The number of methoxy groups -OCH3 is 1. The van der Waals surface area contributed by atoms with Gasteiger partial charge in [-0.05, 0) is 42.7 Å². The number of thioether (sulfide) groups is 1. The maximum Gasteiger partial charge on any atom is 0.231 e. The summed E-state index contributed by atoms with van der Waals surface area (Å²) in [6.07, 6.45) is 13.4. The average molecular weight is 535 g/mol. The summed E-state index contributed by atoms with van der Waals surface area (Å²) >= 11 is 1.49. The van der Waals surface area contributed by atoms with Crippen LogP contribution in [0.2, 0.25) is 0 Å². The fourth-order valence-corrected chi connectivity index (χ4v) is 5.66. The van der Waals surface area contributed by atoms with E-state index in [4.69, 9.17) is 30.3 Å². The molecule has 1 fully saturated rings. The molecule has 3 heterocycles. The highest BCUT2D eigenvalue weighted by atomic mass is 32.2. The molecule has 2 atom stereocenters. The maximum atomic E-state index is 12.4. The number of hydrogen-bond acceptors (Lipinski definition) is 8. The number of fused-ring (bicyclic) bond motifs is 1. The van der Waals surface area contributed by atoms with Gasteiger partial charge in [-0.1, -0.05) is 55.1 Å². The third-order valence-corrected chi connectivity index (χ3v) is 8.09. The minimum atomic E-state index is -0.675. The molecule has 1 aliphatic heterocycles. The Hall–Kier alpha value is -3.37. The summed E-state index contributed by atoms with van der Waals surface area (Å²) in [4.78, 5) is 24.5. The first kappa shape index (κ1) is 26.2. The highest BCUT2D eigenvalue weighted by Crippen LogP contribution is 2.39. The number of anilines is 1. The normalized spacial score (nSPS) is 21.6. The van der Waals surface area contributed by atoms with Gasteiger partial charge in [0.1, 0.15) is 5.75 Å². The molecule has 1 aromatic carbocycles. The van der Waals surface area contributed by atoms with Crippen molar-refractivity contribution in [2.24, 2.45) is 17.6 Å². The molecule has 1 aliphatic carbocycles. The van der Waals surface area contributed by atoms with E-state index in [9.17, 15) is 4.79 Å². The molecule has 0 saturated carbocycles. The Bertz CT molecular complexity index is 1350. The van der Waals surface area contributed by atoms with Crippen LogP contribution in [-0.2, 0) is 21.5 Å². The van der Waals surface area contributed by atoms with Crippen LogP contribution in [0, 0.1) is 11.8 Å². The lowest BCUT2D eigenvalue weighted by Crippen LogP contribution is -2.39. The van der Waals surface area contributed by atoms with Crippen LogP contribution >= 0.6 is 11.8 Å². The van der Waals surface area contributed by atoms with Gasteiger partial charge in [0, 0.05) is 37.3 Å². The van der Waals surface area contributed by atoms with Crippen molar-refractivity contribution in [2.75, 3.05) is 38.0 Å². The zero-order chi connectivity index (χ0) is 26.7. The number of ether oxygens (including phenoxy) is 2. The van der Waals surface area contributed by atoms with Gasteiger partial charge in [-0.3, -0.25) is 4.79 Å². The smallest absolute Gasteiger partial charge is 0.231 e. The second kappa shape index (κ2) is 11.2. The Morgan fingerprint density at radius 1 is 1.24 bits per heavy atom. The van der Waals surface area contributed by atoms with E-state index >= 15 is 0 Å². The third-order valence-electron chi connectivity index (χ3n) is 7.54. The minimum absolute atomic E-state index is 0.382. The Balaban J connectivity index is 1.60. The molecule has 1 saturated heterocycles. The lowest BCUT2D eigenvalue weighted by molar-refractivity contribution is -0.121. The minimum Gasteiger partial charge on any atom is -0.497 e. The Labute approximate surface area is 227 Å². The molecular formula is C28H34N6O3S. The van der Waals surface area contributed by atoms with E-state index in [-0.39, 0.29) is 5.91 Å². The first-order valence-corrected chi connectivity index (χ1v) is 14.1. The molecule has 38 heavy (non-hydrogen) atoms. The first-order valence-electron chi connectivity index (χ1n) is 12.8. The Morgan fingerprint density at radius 2 is 2.00 bits per heavy atom. The number of benzene rings is 1. The van der Waals surface area contributed by atoms with Crippen molar-refractivity contribution in [3.05, 3.63) is 65.9 Å². The number of rotatable bonds is 9. The number of nitrogens with zero attached hydrogens (tertiary/aromatic N) is 5. The summed E-state index contributed by atoms with van der Waals surface area (Å²) in [5.74, 6) is 1.13. The van der Waals surface area contributed by atoms with Crippen LogP contribution in [0.15, 0.2) is 59.9 Å². The maximum absolute atomic E-state index is 12.4. The Morgan fingerprint density at radius 3 is 2.68 bits per heavy atom. The summed E-state index contributed by atoms with van der Waals surface area (Å²) in [5.41, 5.74) is 7.81. The highest BCUT2D eigenvalue weighted by Gasteiger charge is 2.40. The van der Waals surface area contributed by atoms with Crippen LogP contribution in [0.4, 0.5) is 5.95 Å². The molecule has 5 rings (SSSR count). The summed E-state index contributed by atoms with van der Waals surface area (Å²) in [7, 11) is 1.67. The van der Waals surface area contributed by atoms with Crippen molar-refractivity contribution in [2.45, 2.75) is 36.9 Å². The van der Waals surface area contributed by atoms with Crippen LogP contribution in [-0.4, -0.2) is 58.6 Å². The molecular weight excluding hydrogens is 500 g/mol. The van der Waals surface area contributed by atoms with E-state index in [1.807, 2.05) is 54.1 Å². The monoisotopic (exact) mass is 534 g/mol. The molecule has 1 amide bonds. The molecule has 2 unspecified atom stereocenters. The van der Waals surface area contributed by atoms with Crippen LogP contribution in [0.25, 0.3) is 5.65 Å². The third kappa shape index (κ3) is 5.15. The molecule has 200 valence electrons. The van der Waals surface area contributed by atoms with Gasteiger partial charge in [0.25, 0.3) is 0 Å². The van der Waals surface area contributed by atoms with E-state index < -0.39 is 11.3 Å². The standard InChI is InChI=1S/C28H34N6O3S/c1-28(13-5-4-6-22(28)24(29)35)23-16-30-34-25(23)31-26(38-3)32-27(34)33(18-20-11-14-37-15-12-20)17-19-7-9-21(36-2)10-8-19/h4-10,13,16,20,22H,11-12,14-15,17-18H2,1-3H3,(H2,29,35). The quantitative estimate of drug-likeness (QED) is 0.414. The van der Waals surface area contributed by atoms with Crippen molar-refractivity contribution in [1.82, 2.24) is 19.6 Å². The molecule has 2 N–H and O–H groups in total. The zero-order valence-electron chi connectivity index (χ0n) is 22.0. The number of carbonyl (C=O) groups excluding carboxylic acids is 1. The molecule has 10 heteroatoms. The van der Waals surface area contributed by atoms with Crippen LogP contribution in [0.3, 0.4) is 0 Å². The number of carbonyl (C=O) groups is 1. The largest absolute Gasteiger partial charge is 0.497 e. The second-order valence-corrected chi connectivity index (χ2v) is 10.8.